The third kappa shape index (κ3) is 3.34. The summed E-state index contributed by atoms with van der Waals surface area (Å²) < 4.78 is 5.86. The summed E-state index contributed by atoms with van der Waals surface area (Å²) in [5.41, 5.74) is 1.82. The molecule has 0 unspecified atom stereocenters. The van der Waals surface area contributed by atoms with E-state index in [4.69, 9.17) is 4.74 Å². The zero-order valence-corrected chi connectivity index (χ0v) is 12.8. The molecule has 1 aromatic heterocycles. The molecule has 1 saturated heterocycles. The van der Waals surface area contributed by atoms with Crippen LogP contribution < -0.4 is 4.74 Å². The Hall–Kier alpha value is -1.65. The number of hydrogen-bond donors (Lipinski definition) is 0. The number of aromatic nitrogens is 2. The van der Waals surface area contributed by atoms with E-state index in [0.29, 0.717) is 18.5 Å². The van der Waals surface area contributed by atoms with Crippen LogP contribution in [0, 0.1) is 19.8 Å². The van der Waals surface area contributed by atoms with Crippen LogP contribution in [-0.2, 0) is 4.79 Å². The van der Waals surface area contributed by atoms with Gasteiger partial charge in [0.15, 0.2) is 0 Å². The summed E-state index contributed by atoms with van der Waals surface area (Å²) in [5.74, 6) is 0.571. The van der Waals surface area contributed by atoms with Gasteiger partial charge in [0.2, 0.25) is 5.91 Å². The second kappa shape index (κ2) is 6.00. The maximum absolute atomic E-state index is 12.4. The van der Waals surface area contributed by atoms with Crippen LogP contribution in [-0.4, -0.2) is 40.0 Å². The Bertz CT molecular complexity index is 506. The monoisotopic (exact) mass is 289 g/mol. The zero-order valence-electron chi connectivity index (χ0n) is 12.8. The molecule has 0 radical (unpaired) electrons. The van der Waals surface area contributed by atoms with E-state index in [1.165, 1.54) is 12.8 Å². The number of hydrogen-bond acceptors (Lipinski definition) is 4. The number of ether oxygens (including phenoxy) is 1. The molecule has 1 saturated carbocycles. The summed E-state index contributed by atoms with van der Waals surface area (Å²) >= 11 is 0. The Kier molecular flexibility index (Phi) is 4.08. The van der Waals surface area contributed by atoms with Gasteiger partial charge in [0.1, 0.15) is 6.10 Å². The molecule has 3 rings (SSSR count). The SMILES string of the molecule is Cc1cc(C)nc(O[C@H]2CCN(C(=O)C3CCCC3)C2)n1. The first-order valence-corrected chi connectivity index (χ1v) is 7.89. The lowest BCUT2D eigenvalue weighted by atomic mass is 10.1. The van der Waals surface area contributed by atoms with Gasteiger partial charge in [-0.1, -0.05) is 12.8 Å². The molecule has 1 aliphatic carbocycles. The first-order valence-electron chi connectivity index (χ1n) is 7.89. The van der Waals surface area contributed by atoms with Crippen LogP contribution in [0.25, 0.3) is 0 Å². The highest BCUT2D eigenvalue weighted by molar-refractivity contribution is 5.79. The van der Waals surface area contributed by atoms with Gasteiger partial charge >= 0.3 is 6.01 Å². The minimum atomic E-state index is 0.0246. The molecular weight excluding hydrogens is 266 g/mol. The van der Waals surface area contributed by atoms with E-state index in [9.17, 15) is 4.79 Å². The lowest BCUT2D eigenvalue weighted by Crippen LogP contribution is -2.35. The predicted octanol–water partition coefficient (Wildman–Crippen LogP) is 2.26. The van der Waals surface area contributed by atoms with Crippen molar-refractivity contribution in [1.82, 2.24) is 14.9 Å². The van der Waals surface area contributed by atoms with Gasteiger partial charge in [0.25, 0.3) is 0 Å². The average Bonchev–Trinajstić information content (AvgIpc) is 3.07. The number of amides is 1. The van der Waals surface area contributed by atoms with Crippen molar-refractivity contribution in [2.24, 2.45) is 5.92 Å². The number of rotatable bonds is 3. The molecule has 114 valence electrons. The topological polar surface area (TPSA) is 55.3 Å². The van der Waals surface area contributed by atoms with Gasteiger partial charge in [-0.3, -0.25) is 4.79 Å². The lowest BCUT2D eigenvalue weighted by Gasteiger charge is -2.20. The van der Waals surface area contributed by atoms with Crippen molar-refractivity contribution >= 4 is 5.91 Å². The molecular formula is C16H23N3O2. The third-order valence-corrected chi connectivity index (χ3v) is 4.39. The Morgan fingerprint density at radius 1 is 1.19 bits per heavy atom. The molecule has 2 fully saturated rings. The molecule has 1 aromatic rings. The summed E-state index contributed by atoms with van der Waals surface area (Å²) in [6, 6.07) is 2.37. The summed E-state index contributed by atoms with van der Waals surface area (Å²) in [6.07, 6.45) is 5.40. The Labute approximate surface area is 125 Å². The maximum atomic E-state index is 12.4. The van der Waals surface area contributed by atoms with Gasteiger partial charge in [0, 0.05) is 30.3 Å². The van der Waals surface area contributed by atoms with Crippen LogP contribution in [0.1, 0.15) is 43.5 Å². The largest absolute Gasteiger partial charge is 0.458 e. The smallest absolute Gasteiger partial charge is 0.317 e. The standard InChI is InChI=1S/C16H23N3O2/c1-11-9-12(2)18-16(17-11)21-14-7-8-19(10-14)15(20)13-5-3-4-6-13/h9,13-14H,3-8,10H2,1-2H3/t14-/m0/s1. The van der Waals surface area contributed by atoms with E-state index in [1.54, 1.807) is 0 Å². The van der Waals surface area contributed by atoms with E-state index in [1.807, 2.05) is 24.8 Å². The van der Waals surface area contributed by atoms with E-state index < -0.39 is 0 Å². The summed E-state index contributed by atoms with van der Waals surface area (Å²) in [4.78, 5) is 23.0. The van der Waals surface area contributed by atoms with Crippen LogP contribution >= 0.6 is 0 Å². The third-order valence-electron chi connectivity index (χ3n) is 4.39. The van der Waals surface area contributed by atoms with Crippen molar-refractivity contribution in [2.45, 2.75) is 52.1 Å². The molecule has 1 amide bonds. The second-order valence-corrected chi connectivity index (χ2v) is 6.23. The molecule has 21 heavy (non-hydrogen) atoms. The van der Waals surface area contributed by atoms with Gasteiger partial charge in [-0.2, -0.15) is 0 Å². The molecule has 2 heterocycles. The maximum Gasteiger partial charge on any atom is 0.317 e. The first-order chi connectivity index (χ1) is 10.1. The molecule has 0 bridgehead atoms. The van der Waals surface area contributed by atoms with E-state index in [0.717, 1.165) is 37.2 Å². The summed E-state index contributed by atoms with van der Waals surface area (Å²) in [7, 11) is 0. The molecule has 0 aromatic carbocycles. The minimum absolute atomic E-state index is 0.0246. The molecule has 0 N–H and O–H groups in total. The molecule has 2 aliphatic rings. The first kappa shape index (κ1) is 14.3. The van der Waals surface area contributed by atoms with Crippen molar-refractivity contribution in [2.75, 3.05) is 13.1 Å². The van der Waals surface area contributed by atoms with Crippen molar-refractivity contribution in [3.05, 3.63) is 17.5 Å². The molecule has 1 aliphatic heterocycles. The Morgan fingerprint density at radius 3 is 2.52 bits per heavy atom. The number of aryl methyl sites for hydroxylation is 2. The summed E-state index contributed by atoms with van der Waals surface area (Å²) in [6.45, 7) is 5.34. The highest BCUT2D eigenvalue weighted by Gasteiger charge is 2.33. The van der Waals surface area contributed by atoms with Gasteiger partial charge in [-0.15, -0.1) is 0 Å². The zero-order chi connectivity index (χ0) is 14.8. The predicted molar refractivity (Wildman–Crippen MR) is 79.1 cm³/mol. The summed E-state index contributed by atoms with van der Waals surface area (Å²) in [5, 5.41) is 0. The fraction of sp³-hybridized carbons (Fsp3) is 0.688. The Morgan fingerprint density at radius 2 is 1.86 bits per heavy atom. The van der Waals surface area contributed by atoms with E-state index in [-0.39, 0.29) is 12.0 Å². The fourth-order valence-electron chi connectivity index (χ4n) is 3.35. The van der Waals surface area contributed by atoms with Gasteiger partial charge in [-0.25, -0.2) is 9.97 Å². The number of nitrogens with zero attached hydrogens (tertiary/aromatic N) is 3. The molecule has 0 spiro atoms. The molecule has 5 nitrogen and oxygen atoms in total. The fourth-order valence-corrected chi connectivity index (χ4v) is 3.35. The molecule has 1 atom stereocenters. The molecule has 5 heteroatoms. The van der Waals surface area contributed by atoms with Crippen molar-refractivity contribution in [1.29, 1.82) is 0 Å². The van der Waals surface area contributed by atoms with E-state index >= 15 is 0 Å². The van der Waals surface area contributed by atoms with Gasteiger partial charge in [-0.05, 0) is 32.8 Å². The quantitative estimate of drug-likeness (QED) is 0.856. The van der Waals surface area contributed by atoms with Crippen LogP contribution in [0.5, 0.6) is 6.01 Å². The highest BCUT2D eigenvalue weighted by atomic mass is 16.5. The number of likely N-dealkylation sites (tertiary alicyclic amines) is 1. The van der Waals surface area contributed by atoms with Gasteiger partial charge in [0.05, 0.1) is 6.54 Å². The van der Waals surface area contributed by atoms with Gasteiger partial charge < -0.3 is 9.64 Å². The Balaban J connectivity index is 1.58. The average molecular weight is 289 g/mol. The van der Waals surface area contributed by atoms with Crippen LogP contribution in [0.2, 0.25) is 0 Å². The highest BCUT2D eigenvalue weighted by Crippen LogP contribution is 2.28. The number of carbonyl (C=O) groups excluding carboxylic acids is 1. The number of carbonyl (C=O) groups is 1. The van der Waals surface area contributed by atoms with Crippen LogP contribution in [0.15, 0.2) is 6.07 Å². The minimum Gasteiger partial charge on any atom is -0.458 e. The van der Waals surface area contributed by atoms with Crippen molar-refractivity contribution in [3.63, 3.8) is 0 Å². The van der Waals surface area contributed by atoms with Crippen molar-refractivity contribution in [3.8, 4) is 6.01 Å². The normalized spacial score (nSPS) is 22.8. The van der Waals surface area contributed by atoms with Crippen LogP contribution in [0.3, 0.4) is 0 Å². The van der Waals surface area contributed by atoms with Crippen molar-refractivity contribution < 1.29 is 9.53 Å². The lowest BCUT2D eigenvalue weighted by molar-refractivity contribution is -0.134. The van der Waals surface area contributed by atoms with E-state index in [2.05, 4.69) is 9.97 Å². The second-order valence-electron chi connectivity index (χ2n) is 6.23. The van der Waals surface area contributed by atoms with Crippen LogP contribution in [0.4, 0.5) is 0 Å².